The fourth-order valence-electron chi connectivity index (χ4n) is 3.23. The van der Waals surface area contributed by atoms with Crippen molar-refractivity contribution < 1.29 is 18.0 Å². The molecule has 0 saturated heterocycles. The van der Waals surface area contributed by atoms with Crippen LogP contribution in [-0.2, 0) is 6.18 Å². The highest BCUT2D eigenvalue weighted by Gasteiger charge is 2.31. The van der Waals surface area contributed by atoms with Gasteiger partial charge < -0.3 is 0 Å². The van der Waals surface area contributed by atoms with E-state index >= 15 is 0 Å². The fraction of sp³-hybridized carbons (Fsp3) is 0.130. The zero-order valence-electron chi connectivity index (χ0n) is 16.8. The zero-order valence-corrected chi connectivity index (χ0v) is 16.8. The van der Waals surface area contributed by atoms with Crippen LogP contribution in [0.25, 0.3) is 5.57 Å². The first kappa shape index (κ1) is 21.1. The number of hydrogen-bond donors (Lipinski definition) is 1. The standard InChI is InChI=1S/C23H16F3N5O/c1-14-2-5-18(16-8-10-19(11-9-16)23(24,25)26)12-20-28-21(29-22(32)31(20)30-14)17-6-3-15(13-27)4-7-17/h2-12,20H,1H3,(H,28,29,32)/b5-2?,18-12-,30-14?. The van der Waals surface area contributed by atoms with Crippen LogP contribution in [0.3, 0.4) is 0 Å². The van der Waals surface area contributed by atoms with Gasteiger partial charge in [0, 0.05) is 5.56 Å². The van der Waals surface area contributed by atoms with E-state index in [1.165, 1.54) is 17.1 Å². The van der Waals surface area contributed by atoms with E-state index in [2.05, 4.69) is 15.4 Å². The van der Waals surface area contributed by atoms with Crippen LogP contribution in [0, 0.1) is 11.3 Å². The lowest BCUT2D eigenvalue weighted by Crippen LogP contribution is -2.50. The molecule has 160 valence electrons. The van der Waals surface area contributed by atoms with Crippen molar-refractivity contribution in [1.82, 2.24) is 10.3 Å². The summed E-state index contributed by atoms with van der Waals surface area (Å²) in [4.78, 5) is 17.3. The van der Waals surface area contributed by atoms with Crippen LogP contribution >= 0.6 is 0 Å². The van der Waals surface area contributed by atoms with Crippen molar-refractivity contribution >= 4 is 23.2 Å². The van der Waals surface area contributed by atoms with Gasteiger partial charge in [0.1, 0.15) is 5.84 Å². The molecule has 9 heteroatoms. The Morgan fingerprint density at radius 3 is 2.31 bits per heavy atom. The predicted octanol–water partition coefficient (Wildman–Crippen LogP) is 4.70. The molecule has 0 saturated carbocycles. The van der Waals surface area contributed by atoms with Crippen molar-refractivity contribution in [3.8, 4) is 6.07 Å². The number of carbonyl (C=O) groups excluding carboxylic acids is 1. The molecule has 32 heavy (non-hydrogen) atoms. The molecule has 2 aromatic rings. The maximum atomic E-state index is 12.9. The molecule has 0 aliphatic carbocycles. The summed E-state index contributed by atoms with van der Waals surface area (Å²) in [5.41, 5.74) is 2.01. The second kappa shape index (κ2) is 8.15. The summed E-state index contributed by atoms with van der Waals surface area (Å²) in [7, 11) is 0. The van der Waals surface area contributed by atoms with Gasteiger partial charge in [0.25, 0.3) is 0 Å². The van der Waals surface area contributed by atoms with Crippen LogP contribution < -0.4 is 5.32 Å². The molecule has 1 N–H and O–H groups in total. The Kier molecular flexibility index (Phi) is 5.36. The maximum Gasteiger partial charge on any atom is 0.416 e. The van der Waals surface area contributed by atoms with Gasteiger partial charge in [0.05, 0.1) is 22.9 Å². The van der Waals surface area contributed by atoms with Gasteiger partial charge >= 0.3 is 12.2 Å². The largest absolute Gasteiger partial charge is 0.416 e. The van der Waals surface area contributed by atoms with Gasteiger partial charge in [-0.3, -0.25) is 5.32 Å². The van der Waals surface area contributed by atoms with Crippen LogP contribution in [0.4, 0.5) is 18.0 Å². The zero-order chi connectivity index (χ0) is 22.9. The quantitative estimate of drug-likeness (QED) is 0.742. The second-order valence-corrected chi connectivity index (χ2v) is 7.13. The first-order valence-corrected chi connectivity index (χ1v) is 9.56. The first-order valence-electron chi connectivity index (χ1n) is 9.56. The summed E-state index contributed by atoms with van der Waals surface area (Å²) in [6.45, 7) is 1.70. The topological polar surface area (TPSA) is 80.9 Å². The highest BCUT2D eigenvalue weighted by molar-refractivity contribution is 6.09. The van der Waals surface area contributed by atoms with Crippen molar-refractivity contribution in [3.05, 3.63) is 89.0 Å². The average molecular weight is 435 g/mol. The van der Waals surface area contributed by atoms with Gasteiger partial charge in [0.2, 0.25) is 0 Å². The smallest absolute Gasteiger partial charge is 0.290 e. The molecule has 0 aromatic heterocycles. The van der Waals surface area contributed by atoms with Crippen molar-refractivity contribution in [1.29, 1.82) is 5.26 Å². The number of aliphatic imine (C=N–C) groups is 1. The molecular weight excluding hydrogens is 419 g/mol. The van der Waals surface area contributed by atoms with E-state index in [1.807, 2.05) is 6.07 Å². The van der Waals surface area contributed by atoms with Crippen LogP contribution in [-0.4, -0.2) is 28.8 Å². The summed E-state index contributed by atoms with van der Waals surface area (Å²) in [6, 6.07) is 12.9. The number of hydrazone groups is 1. The summed E-state index contributed by atoms with van der Waals surface area (Å²) in [5.74, 6) is 0.307. The lowest BCUT2D eigenvalue weighted by molar-refractivity contribution is -0.137. The van der Waals surface area contributed by atoms with Crippen LogP contribution in [0.1, 0.15) is 29.2 Å². The summed E-state index contributed by atoms with van der Waals surface area (Å²) in [6.07, 6.45) is -0.177. The molecule has 0 fully saturated rings. The molecule has 1 atom stereocenters. The van der Waals surface area contributed by atoms with Gasteiger partial charge in [-0.15, -0.1) is 0 Å². The van der Waals surface area contributed by atoms with Crippen molar-refractivity contribution in [2.75, 3.05) is 0 Å². The van der Waals surface area contributed by atoms with Crippen LogP contribution in [0.5, 0.6) is 0 Å². The Hall–Kier alpha value is -4.19. The van der Waals surface area contributed by atoms with E-state index in [1.54, 1.807) is 49.4 Å². The number of halogens is 3. The van der Waals surface area contributed by atoms with E-state index in [0.29, 0.717) is 33.8 Å². The Labute approximate surface area is 181 Å². The van der Waals surface area contributed by atoms with E-state index in [-0.39, 0.29) is 0 Å². The van der Waals surface area contributed by atoms with Gasteiger partial charge in [-0.05, 0) is 66.6 Å². The normalized spacial score (nSPS) is 20.0. The van der Waals surface area contributed by atoms with Crippen LogP contribution in [0.15, 0.2) is 76.9 Å². The molecule has 2 heterocycles. The second-order valence-electron chi connectivity index (χ2n) is 7.13. The molecule has 6 nitrogen and oxygen atoms in total. The molecular formula is C23H16F3N5O. The number of benzene rings is 2. The number of nitrogens with one attached hydrogen (secondary N) is 1. The summed E-state index contributed by atoms with van der Waals surface area (Å²) >= 11 is 0. The Balaban J connectivity index is 1.76. The summed E-state index contributed by atoms with van der Waals surface area (Å²) in [5, 5.41) is 17.1. The number of allylic oxidation sites excluding steroid dienone is 3. The van der Waals surface area contributed by atoms with Crippen molar-refractivity contribution in [3.63, 3.8) is 0 Å². The number of carbonyl (C=O) groups is 1. The van der Waals surface area contributed by atoms with E-state index in [4.69, 9.17) is 5.26 Å². The minimum atomic E-state index is -4.43. The number of hydrogen-bond acceptors (Lipinski definition) is 4. The van der Waals surface area contributed by atoms with Crippen LogP contribution in [0.2, 0.25) is 0 Å². The van der Waals surface area contributed by atoms with Crippen molar-refractivity contribution in [2.24, 2.45) is 10.1 Å². The number of nitriles is 1. The van der Waals surface area contributed by atoms with E-state index < -0.39 is 23.9 Å². The minimum Gasteiger partial charge on any atom is -0.290 e. The predicted molar refractivity (Wildman–Crippen MR) is 114 cm³/mol. The molecule has 1 unspecified atom stereocenters. The highest BCUT2D eigenvalue weighted by Crippen LogP contribution is 2.31. The lowest BCUT2D eigenvalue weighted by atomic mass is 10.0. The fourth-order valence-corrected chi connectivity index (χ4v) is 3.23. The first-order chi connectivity index (χ1) is 15.2. The minimum absolute atomic E-state index is 0.307. The van der Waals surface area contributed by atoms with Gasteiger partial charge in [-0.25, -0.2) is 9.79 Å². The third-order valence-corrected chi connectivity index (χ3v) is 4.88. The lowest BCUT2D eigenvalue weighted by Gasteiger charge is -2.30. The number of fused-ring (bicyclic) bond motifs is 1. The monoisotopic (exact) mass is 435 g/mol. The molecule has 2 aromatic carbocycles. The van der Waals surface area contributed by atoms with Gasteiger partial charge in [0.15, 0.2) is 6.17 Å². The third-order valence-electron chi connectivity index (χ3n) is 4.88. The molecule has 0 radical (unpaired) electrons. The number of urea groups is 1. The maximum absolute atomic E-state index is 12.9. The number of alkyl halides is 3. The molecule has 0 spiro atoms. The Bertz CT molecular complexity index is 1220. The number of nitrogens with zero attached hydrogens (tertiary/aromatic N) is 4. The molecule has 0 bridgehead atoms. The Morgan fingerprint density at radius 1 is 1.03 bits per heavy atom. The average Bonchev–Trinajstić information content (AvgIpc) is 2.76. The van der Waals surface area contributed by atoms with Crippen molar-refractivity contribution in [2.45, 2.75) is 19.3 Å². The third kappa shape index (κ3) is 4.30. The summed E-state index contributed by atoms with van der Waals surface area (Å²) < 4.78 is 38.8. The number of rotatable bonds is 2. The molecule has 2 aliphatic heterocycles. The SMILES string of the molecule is CC1=NN2C(=O)NC(c3ccc(C#N)cc3)=NC2/C=C(\c2ccc(C(F)(F)F)cc2)C=C1. The van der Waals surface area contributed by atoms with Gasteiger partial charge in [-0.1, -0.05) is 18.2 Å². The molecule has 2 amide bonds. The number of amides is 2. The van der Waals surface area contributed by atoms with E-state index in [9.17, 15) is 18.0 Å². The van der Waals surface area contributed by atoms with E-state index in [0.717, 1.165) is 12.1 Å². The number of amidine groups is 1. The molecule has 4 rings (SSSR count). The Morgan fingerprint density at radius 2 is 1.69 bits per heavy atom. The highest BCUT2D eigenvalue weighted by atomic mass is 19.4. The van der Waals surface area contributed by atoms with Gasteiger partial charge in [-0.2, -0.15) is 28.5 Å². The molecule has 2 aliphatic rings.